The first-order valence-corrected chi connectivity index (χ1v) is 5.41. The van der Waals surface area contributed by atoms with Crippen molar-refractivity contribution in [3.05, 3.63) is 29.8 Å². The summed E-state index contributed by atoms with van der Waals surface area (Å²) >= 11 is 0. The van der Waals surface area contributed by atoms with E-state index in [9.17, 15) is 9.59 Å². The molecule has 0 radical (unpaired) electrons. The standard InChI is InChI=1S/C12H14N2O3/c1-8-2-4-10(5-3-8)13-12(17)14-6-9(7-14)11(15)16/h2-5,9H,6-7H2,1H3,(H,13,17)(H,15,16). The van der Waals surface area contributed by atoms with Gasteiger partial charge in [0.1, 0.15) is 0 Å². The van der Waals surface area contributed by atoms with Crippen LogP contribution >= 0.6 is 0 Å². The average molecular weight is 234 g/mol. The maximum atomic E-state index is 11.7. The predicted octanol–water partition coefficient (Wildman–Crippen LogP) is 1.54. The van der Waals surface area contributed by atoms with Crippen LogP contribution in [0.4, 0.5) is 10.5 Å². The number of likely N-dealkylation sites (tertiary alicyclic amines) is 1. The second-order valence-corrected chi connectivity index (χ2v) is 4.24. The highest BCUT2D eigenvalue weighted by molar-refractivity contribution is 5.91. The van der Waals surface area contributed by atoms with Crippen molar-refractivity contribution in [1.29, 1.82) is 0 Å². The summed E-state index contributed by atoms with van der Waals surface area (Å²) in [6, 6.07) is 7.22. The molecular weight excluding hydrogens is 220 g/mol. The molecule has 2 rings (SSSR count). The molecule has 0 aliphatic carbocycles. The van der Waals surface area contributed by atoms with Crippen LogP contribution in [0.2, 0.25) is 0 Å². The number of carboxylic acid groups (broad SMARTS) is 1. The third-order valence-electron chi connectivity index (χ3n) is 2.82. The van der Waals surface area contributed by atoms with Crippen molar-refractivity contribution in [2.45, 2.75) is 6.92 Å². The molecule has 0 unspecified atom stereocenters. The van der Waals surface area contributed by atoms with Gasteiger partial charge in [-0.05, 0) is 19.1 Å². The number of carbonyl (C=O) groups excluding carboxylic acids is 1. The summed E-state index contributed by atoms with van der Waals surface area (Å²) in [7, 11) is 0. The fourth-order valence-corrected chi connectivity index (χ4v) is 1.64. The average Bonchev–Trinajstić information content (AvgIpc) is 2.18. The zero-order valence-corrected chi connectivity index (χ0v) is 9.51. The highest BCUT2D eigenvalue weighted by Crippen LogP contribution is 2.17. The third kappa shape index (κ3) is 2.55. The molecule has 2 amide bonds. The minimum atomic E-state index is -0.843. The molecular formula is C12H14N2O3. The molecule has 0 bridgehead atoms. The van der Waals surface area contributed by atoms with E-state index in [1.54, 1.807) is 0 Å². The van der Waals surface area contributed by atoms with E-state index in [1.807, 2.05) is 31.2 Å². The summed E-state index contributed by atoms with van der Waals surface area (Å²) in [5, 5.41) is 11.4. The van der Waals surface area contributed by atoms with Crippen LogP contribution in [0.25, 0.3) is 0 Å². The van der Waals surface area contributed by atoms with Crippen molar-refractivity contribution in [2.75, 3.05) is 18.4 Å². The van der Waals surface area contributed by atoms with Gasteiger partial charge in [0, 0.05) is 18.8 Å². The number of nitrogens with zero attached hydrogens (tertiary/aromatic N) is 1. The molecule has 0 aromatic heterocycles. The summed E-state index contributed by atoms with van der Waals surface area (Å²) in [5.41, 5.74) is 1.84. The highest BCUT2D eigenvalue weighted by Gasteiger charge is 2.35. The molecule has 1 aliphatic heterocycles. The lowest BCUT2D eigenvalue weighted by molar-refractivity contribution is -0.145. The number of hydrogen-bond donors (Lipinski definition) is 2. The quantitative estimate of drug-likeness (QED) is 0.815. The van der Waals surface area contributed by atoms with Crippen molar-refractivity contribution in [3.63, 3.8) is 0 Å². The van der Waals surface area contributed by atoms with Gasteiger partial charge in [-0.15, -0.1) is 0 Å². The zero-order chi connectivity index (χ0) is 12.4. The lowest BCUT2D eigenvalue weighted by atomic mass is 10.0. The Morgan fingerprint density at radius 1 is 1.29 bits per heavy atom. The number of nitrogens with one attached hydrogen (secondary N) is 1. The Bertz CT molecular complexity index is 436. The van der Waals surface area contributed by atoms with Gasteiger partial charge >= 0.3 is 12.0 Å². The van der Waals surface area contributed by atoms with Gasteiger partial charge < -0.3 is 15.3 Å². The first kappa shape index (κ1) is 11.4. The number of rotatable bonds is 2. The van der Waals surface area contributed by atoms with E-state index in [4.69, 9.17) is 5.11 Å². The maximum Gasteiger partial charge on any atom is 0.321 e. The summed E-state index contributed by atoms with van der Waals surface area (Å²) in [5.74, 6) is -1.26. The van der Waals surface area contributed by atoms with Crippen LogP contribution in [0.5, 0.6) is 0 Å². The molecule has 0 spiro atoms. The summed E-state index contributed by atoms with van der Waals surface area (Å²) in [6.07, 6.45) is 0. The number of carbonyl (C=O) groups is 2. The first-order valence-electron chi connectivity index (χ1n) is 5.41. The number of anilines is 1. The number of urea groups is 1. The molecule has 1 aliphatic rings. The van der Waals surface area contributed by atoms with Crippen LogP contribution in [0, 0.1) is 12.8 Å². The largest absolute Gasteiger partial charge is 0.481 e. The first-order chi connectivity index (χ1) is 8.06. The Morgan fingerprint density at radius 3 is 2.41 bits per heavy atom. The Balaban J connectivity index is 1.87. The molecule has 17 heavy (non-hydrogen) atoms. The molecule has 0 atom stereocenters. The van der Waals surface area contributed by atoms with Gasteiger partial charge in [0.05, 0.1) is 5.92 Å². The lowest BCUT2D eigenvalue weighted by Gasteiger charge is -2.36. The van der Waals surface area contributed by atoms with Crippen molar-refractivity contribution in [1.82, 2.24) is 4.90 Å². The van der Waals surface area contributed by atoms with Gasteiger partial charge in [-0.25, -0.2) is 4.79 Å². The number of amides is 2. The Hall–Kier alpha value is -2.04. The van der Waals surface area contributed by atoms with Crippen LogP contribution in [-0.4, -0.2) is 35.1 Å². The van der Waals surface area contributed by atoms with E-state index < -0.39 is 11.9 Å². The van der Waals surface area contributed by atoms with E-state index >= 15 is 0 Å². The molecule has 1 heterocycles. The minimum Gasteiger partial charge on any atom is -0.481 e. The molecule has 90 valence electrons. The van der Waals surface area contributed by atoms with Crippen LogP contribution in [-0.2, 0) is 4.79 Å². The number of benzene rings is 1. The molecule has 2 N–H and O–H groups in total. The summed E-state index contributed by atoms with van der Waals surface area (Å²) < 4.78 is 0. The normalized spacial score (nSPS) is 15.2. The number of hydrogen-bond acceptors (Lipinski definition) is 2. The van der Waals surface area contributed by atoms with Crippen molar-refractivity contribution in [3.8, 4) is 0 Å². The van der Waals surface area contributed by atoms with Crippen molar-refractivity contribution < 1.29 is 14.7 Å². The van der Waals surface area contributed by atoms with Crippen LogP contribution in [0.3, 0.4) is 0 Å². The maximum absolute atomic E-state index is 11.7. The smallest absolute Gasteiger partial charge is 0.321 e. The Morgan fingerprint density at radius 2 is 1.88 bits per heavy atom. The van der Waals surface area contributed by atoms with Gasteiger partial charge in [-0.3, -0.25) is 4.79 Å². The molecule has 5 heteroatoms. The van der Waals surface area contributed by atoms with E-state index in [0.717, 1.165) is 11.3 Å². The fraction of sp³-hybridized carbons (Fsp3) is 0.333. The monoisotopic (exact) mass is 234 g/mol. The van der Waals surface area contributed by atoms with Gasteiger partial charge in [0.2, 0.25) is 0 Å². The second-order valence-electron chi connectivity index (χ2n) is 4.24. The molecule has 1 fully saturated rings. The van der Waals surface area contributed by atoms with Crippen molar-refractivity contribution in [2.24, 2.45) is 5.92 Å². The molecule has 1 aromatic carbocycles. The number of carboxylic acids is 1. The van der Waals surface area contributed by atoms with Gasteiger partial charge in [0.25, 0.3) is 0 Å². The lowest BCUT2D eigenvalue weighted by Crippen LogP contribution is -2.54. The number of aryl methyl sites for hydroxylation is 1. The highest BCUT2D eigenvalue weighted by atomic mass is 16.4. The topological polar surface area (TPSA) is 69.6 Å². The van der Waals surface area contributed by atoms with Gasteiger partial charge in [0.15, 0.2) is 0 Å². The van der Waals surface area contributed by atoms with E-state index in [2.05, 4.69) is 5.32 Å². The molecule has 1 saturated heterocycles. The Labute approximate surface area is 99.0 Å². The second kappa shape index (κ2) is 4.45. The van der Waals surface area contributed by atoms with Gasteiger partial charge in [-0.1, -0.05) is 17.7 Å². The molecule has 1 aromatic rings. The SMILES string of the molecule is Cc1ccc(NC(=O)N2CC(C(=O)O)C2)cc1. The van der Waals surface area contributed by atoms with Crippen LogP contribution in [0.15, 0.2) is 24.3 Å². The molecule has 5 nitrogen and oxygen atoms in total. The predicted molar refractivity (Wildman–Crippen MR) is 62.9 cm³/mol. The summed E-state index contributed by atoms with van der Waals surface area (Å²) in [6.45, 7) is 2.54. The summed E-state index contributed by atoms with van der Waals surface area (Å²) in [4.78, 5) is 23.7. The zero-order valence-electron chi connectivity index (χ0n) is 9.51. The van der Waals surface area contributed by atoms with Crippen molar-refractivity contribution >= 4 is 17.7 Å². The molecule has 0 saturated carbocycles. The van der Waals surface area contributed by atoms with E-state index in [0.29, 0.717) is 0 Å². The fourth-order valence-electron chi connectivity index (χ4n) is 1.64. The van der Waals surface area contributed by atoms with Gasteiger partial charge in [-0.2, -0.15) is 0 Å². The van der Waals surface area contributed by atoms with Crippen LogP contribution in [0.1, 0.15) is 5.56 Å². The number of aliphatic carboxylic acids is 1. The van der Waals surface area contributed by atoms with E-state index in [-0.39, 0.29) is 19.1 Å². The van der Waals surface area contributed by atoms with Crippen LogP contribution < -0.4 is 5.32 Å². The van der Waals surface area contributed by atoms with E-state index in [1.165, 1.54) is 4.90 Å². The Kier molecular flexibility index (Phi) is 2.99. The minimum absolute atomic E-state index is 0.244. The third-order valence-corrected chi connectivity index (χ3v) is 2.82.